The van der Waals surface area contributed by atoms with Crippen molar-refractivity contribution < 1.29 is 33.6 Å². The highest BCUT2D eigenvalue weighted by Crippen LogP contribution is 2.44. The topological polar surface area (TPSA) is 117 Å². The number of carbonyl (C=O) groups excluding carboxylic acids is 1. The number of rotatable bonds is 13. The smallest absolute Gasteiger partial charge is 0.347 e. The van der Waals surface area contributed by atoms with Crippen LogP contribution in [-0.4, -0.2) is 69.3 Å². The highest BCUT2D eigenvalue weighted by Gasteiger charge is 2.33. The number of hydrogen-bond donors (Lipinski definition) is 2. The summed E-state index contributed by atoms with van der Waals surface area (Å²) < 4.78 is 21.0. The molecule has 1 unspecified atom stereocenters. The van der Waals surface area contributed by atoms with E-state index in [1.165, 1.54) is 0 Å². The first-order chi connectivity index (χ1) is 15.1. The van der Waals surface area contributed by atoms with Gasteiger partial charge in [0.05, 0.1) is 33.0 Å². The molecule has 1 aliphatic carbocycles. The van der Waals surface area contributed by atoms with Gasteiger partial charge in [0.15, 0.2) is 0 Å². The van der Waals surface area contributed by atoms with Crippen LogP contribution in [0.1, 0.15) is 17.0 Å². The van der Waals surface area contributed by atoms with Gasteiger partial charge in [-0.25, -0.2) is 9.59 Å². The monoisotopic (exact) mass is 429 g/mol. The first-order valence-corrected chi connectivity index (χ1v) is 10.2. The van der Waals surface area contributed by atoms with Crippen LogP contribution in [0.15, 0.2) is 48.5 Å². The van der Waals surface area contributed by atoms with Crippen molar-refractivity contribution in [2.45, 2.75) is 12.0 Å². The number of hydrogen-bond acceptors (Lipinski definition) is 7. The molecule has 0 amide bonds. The zero-order valence-electron chi connectivity index (χ0n) is 17.2. The highest BCUT2D eigenvalue weighted by atomic mass is 16.6. The summed E-state index contributed by atoms with van der Waals surface area (Å²) in [7, 11) is 0. The van der Waals surface area contributed by atoms with Crippen LogP contribution in [0.25, 0.3) is 11.1 Å². The number of carbonyl (C=O) groups is 2. The van der Waals surface area contributed by atoms with E-state index >= 15 is 0 Å². The minimum absolute atomic E-state index is 0.0367. The van der Waals surface area contributed by atoms with Crippen LogP contribution in [0.5, 0.6) is 0 Å². The van der Waals surface area contributed by atoms with E-state index in [-0.39, 0.29) is 25.7 Å². The lowest BCUT2D eigenvalue weighted by atomic mass is 9.98. The standard InChI is InChI=1S/C23H27NO7/c24-9-10-28-11-12-29-13-14-30-21(22(25)26)23(27)31-15-20-18-7-3-1-5-16(18)17-6-2-4-8-19(17)20/h1-8,20-21H,9-15,24H2,(H,25,26). The second-order valence-corrected chi connectivity index (χ2v) is 6.96. The number of carboxylic acid groups (broad SMARTS) is 1. The second-order valence-electron chi connectivity index (χ2n) is 6.96. The van der Waals surface area contributed by atoms with E-state index in [4.69, 9.17) is 24.7 Å². The van der Waals surface area contributed by atoms with E-state index in [9.17, 15) is 14.7 Å². The molecule has 3 rings (SSSR count). The third-order valence-electron chi connectivity index (χ3n) is 4.94. The van der Waals surface area contributed by atoms with E-state index in [0.29, 0.717) is 26.4 Å². The summed E-state index contributed by atoms with van der Waals surface area (Å²) in [5, 5.41) is 9.35. The van der Waals surface area contributed by atoms with Crippen LogP contribution >= 0.6 is 0 Å². The molecule has 0 bridgehead atoms. The number of ether oxygens (including phenoxy) is 4. The molecule has 1 aliphatic rings. The zero-order chi connectivity index (χ0) is 22.1. The Kier molecular flexibility index (Phi) is 8.54. The van der Waals surface area contributed by atoms with Crippen LogP contribution in [0.2, 0.25) is 0 Å². The third kappa shape index (κ3) is 5.89. The number of esters is 1. The first kappa shape index (κ1) is 22.9. The Balaban J connectivity index is 1.51. The highest BCUT2D eigenvalue weighted by molar-refractivity contribution is 5.97. The van der Waals surface area contributed by atoms with E-state index in [0.717, 1.165) is 22.3 Å². The summed E-state index contributed by atoms with van der Waals surface area (Å²) >= 11 is 0. The van der Waals surface area contributed by atoms with Crippen LogP contribution in [0, 0.1) is 0 Å². The summed E-state index contributed by atoms with van der Waals surface area (Å²) in [5.74, 6) is -2.48. The first-order valence-electron chi connectivity index (χ1n) is 10.2. The molecule has 0 heterocycles. The Morgan fingerprint density at radius 2 is 1.42 bits per heavy atom. The maximum atomic E-state index is 12.4. The summed E-state index contributed by atoms with van der Waals surface area (Å²) in [5.41, 5.74) is 9.60. The molecule has 2 aromatic carbocycles. The fourth-order valence-electron chi connectivity index (χ4n) is 3.55. The van der Waals surface area contributed by atoms with Gasteiger partial charge in [0.2, 0.25) is 0 Å². The molecule has 0 fully saturated rings. The van der Waals surface area contributed by atoms with Crippen molar-refractivity contribution in [2.24, 2.45) is 5.73 Å². The van der Waals surface area contributed by atoms with Gasteiger partial charge in [-0.2, -0.15) is 0 Å². The molecular formula is C23H27NO7. The number of aliphatic carboxylic acids is 1. The average molecular weight is 429 g/mol. The molecule has 0 spiro atoms. The lowest BCUT2D eigenvalue weighted by Gasteiger charge is -2.17. The maximum Gasteiger partial charge on any atom is 0.347 e. The molecule has 8 heteroatoms. The summed E-state index contributed by atoms with van der Waals surface area (Å²) in [4.78, 5) is 23.9. The molecular weight excluding hydrogens is 402 g/mol. The predicted molar refractivity (Wildman–Crippen MR) is 113 cm³/mol. The quantitative estimate of drug-likeness (QED) is 0.281. The van der Waals surface area contributed by atoms with Crippen molar-refractivity contribution >= 4 is 11.9 Å². The fourth-order valence-corrected chi connectivity index (χ4v) is 3.55. The van der Waals surface area contributed by atoms with E-state index in [1.54, 1.807) is 0 Å². The number of nitrogens with two attached hydrogens (primary N) is 1. The summed E-state index contributed by atoms with van der Waals surface area (Å²) in [6.07, 6.45) is -1.70. The largest absolute Gasteiger partial charge is 0.479 e. The molecule has 1 atom stereocenters. The van der Waals surface area contributed by atoms with Crippen LogP contribution < -0.4 is 5.73 Å². The van der Waals surface area contributed by atoms with Crippen molar-refractivity contribution in [1.82, 2.24) is 0 Å². The molecule has 31 heavy (non-hydrogen) atoms. The minimum atomic E-state index is -1.70. The molecule has 2 aromatic rings. The number of carboxylic acids is 1. The predicted octanol–water partition coefficient (Wildman–Crippen LogP) is 1.80. The van der Waals surface area contributed by atoms with Crippen molar-refractivity contribution in [3.8, 4) is 11.1 Å². The molecule has 0 aromatic heterocycles. The Morgan fingerprint density at radius 1 is 0.871 bits per heavy atom. The fraction of sp³-hybridized carbons (Fsp3) is 0.391. The van der Waals surface area contributed by atoms with Gasteiger partial charge >= 0.3 is 11.9 Å². The SMILES string of the molecule is NCCOCCOCCOC(C(=O)O)C(=O)OCC1c2ccccc2-c2ccccc21. The van der Waals surface area contributed by atoms with E-state index in [1.807, 2.05) is 48.5 Å². The van der Waals surface area contributed by atoms with Crippen LogP contribution in [0.3, 0.4) is 0 Å². The second kappa shape index (κ2) is 11.6. The molecule has 0 saturated carbocycles. The van der Waals surface area contributed by atoms with Gasteiger partial charge in [0.25, 0.3) is 6.10 Å². The van der Waals surface area contributed by atoms with Crippen molar-refractivity contribution in [2.75, 3.05) is 46.2 Å². The van der Waals surface area contributed by atoms with Gasteiger partial charge < -0.3 is 29.8 Å². The molecule has 0 saturated heterocycles. The minimum Gasteiger partial charge on any atom is -0.479 e. The van der Waals surface area contributed by atoms with Crippen LogP contribution in [-0.2, 0) is 28.5 Å². The molecule has 3 N–H and O–H groups in total. The molecule has 8 nitrogen and oxygen atoms in total. The van der Waals surface area contributed by atoms with Gasteiger partial charge in [0, 0.05) is 12.5 Å². The number of benzene rings is 2. The average Bonchev–Trinajstić information content (AvgIpc) is 3.10. The lowest BCUT2D eigenvalue weighted by molar-refractivity contribution is -0.171. The Hall–Kier alpha value is -2.78. The third-order valence-corrected chi connectivity index (χ3v) is 4.94. The summed E-state index contributed by atoms with van der Waals surface area (Å²) in [6, 6.07) is 15.8. The molecule has 0 aliphatic heterocycles. The van der Waals surface area contributed by atoms with Crippen molar-refractivity contribution in [1.29, 1.82) is 0 Å². The Bertz CT molecular complexity index is 840. The molecule has 166 valence electrons. The maximum absolute atomic E-state index is 12.4. The zero-order valence-corrected chi connectivity index (χ0v) is 17.2. The van der Waals surface area contributed by atoms with Gasteiger partial charge in [-0.15, -0.1) is 0 Å². The van der Waals surface area contributed by atoms with Gasteiger partial charge in [-0.3, -0.25) is 0 Å². The Labute approximate surface area is 180 Å². The van der Waals surface area contributed by atoms with Crippen molar-refractivity contribution in [3.05, 3.63) is 59.7 Å². The van der Waals surface area contributed by atoms with Gasteiger partial charge in [-0.05, 0) is 22.3 Å². The van der Waals surface area contributed by atoms with E-state index in [2.05, 4.69) is 0 Å². The van der Waals surface area contributed by atoms with Crippen LogP contribution in [0.4, 0.5) is 0 Å². The lowest BCUT2D eigenvalue weighted by Crippen LogP contribution is -2.36. The Morgan fingerprint density at radius 3 is 2.00 bits per heavy atom. The van der Waals surface area contributed by atoms with Crippen molar-refractivity contribution in [3.63, 3.8) is 0 Å². The van der Waals surface area contributed by atoms with Gasteiger partial charge in [0.1, 0.15) is 6.61 Å². The molecule has 0 radical (unpaired) electrons. The van der Waals surface area contributed by atoms with E-state index < -0.39 is 18.0 Å². The number of fused-ring (bicyclic) bond motifs is 3. The normalized spacial score (nSPS) is 13.5. The van der Waals surface area contributed by atoms with Gasteiger partial charge in [-0.1, -0.05) is 48.5 Å². The summed E-state index contributed by atoms with van der Waals surface area (Å²) in [6.45, 7) is 1.70.